The minimum atomic E-state index is -2.87. The van der Waals surface area contributed by atoms with E-state index in [1.807, 2.05) is 6.07 Å². The second kappa shape index (κ2) is 3.96. The van der Waals surface area contributed by atoms with E-state index >= 15 is 0 Å². The molecule has 0 aliphatic rings. The number of aromatic nitrogens is 2. The van der Waals surface area contributed by atoms with Crippen LogP contribution in [-0.4, -0.2) is 9.97 Å². The summed E-state index contributed by atoms with van der Waals surface area (Å²) in [5, 5.41) is 0. The molecule has 0 aliphatic heterocycles. The van der Waals surface area contributed by atoms with Gasteiger partial charge in [0.1, 0.15) is 0 Å². The van der Waals surface area contributed by atoms with E-state index in [2.05, 4.69) is 9.97 Å². The van der Waals surface area contributed by atoms with E-state index in [0.717, 1.165) is 12.5 Å². The SMILES string of the molecule is CC(F)(F)c1cncc(-c2cccnc2)c1. The van der Waals surface area contributed by atoms with Crippen molar-refractivity contribution in [3.05, 3.63) is 48.5 Å². The number of halogens is 2. The third-order valence-electron chi connectivity index (χ3n) is 2.24. The lowest BCUT2D eigenvalue weighted by molar-refractivity contribution is 0.0171. The molecular weight excluding hydrogens is 210 g/mol. The highest BCUT2D eigenvalue weighted by molar-refractivity contribution is 5.61. The molecule has 2 aromatic heterocycles. The van der Waals surface area contributed by atoms with Gasteiger partial charge in [0.25, 0.3) is 5.92 Å². The highest BCUT2D eigenvalue weighted by Crippen LogP contribution is 2.29. The Morgan fingerprint density at radius 1 is 1.06 bits per heavy atom. The molecule has 0 fully saturated rings. The fourth-order valence-corrected chi connectivity index (χ4v) is 1.37. The summed E-state index contributed by atoms with van der Waals surface area (Å²) in [6, 6.07) is 5.00. The second-order valence-electron chi connectivity index (χ2n) is 3.59. The van der Waals surface area contributed by atoms with Crippen molar-refractivity contribution in [2.75, 3.05) is 0 Å². The van der Waals surface area contributed by atoms with Crippen molar-refractivity contribution < 1.29 is 8.78 Å². The summed E-state index contributed by atoms with van der Waals surface area (Å²) in [5.41, 5.74) is 1.34. The zero-order valence-electron chi connectivity index (χ0n) is 8.69. The van der Waals surface area contributed by atoms with Crippen LogP contribution in [0.25, 0.3) is 11.1 Å². The first-order valence-corrected chi connectivity index (χ1v) is 4.81. The minimum Gasteiger partial charge on any atom is -0.264 e. The number of pyridine rings is 2. The van der Waals surface area contributed by atoms with Crippen LogP contribution in [0.5, 0.6) is 0 Å². The van der Waals surface area contributed by atoms with E-state index in [1.165, 1.54) is 12.3 Å². The maximum Gasteiger partial charge on any atom is 0.272 e. The maximum absolute atomic E-state index is 13.1. The van der Waals surface area contributed by atoms with E-state index in [1.54, 1.807) is 24.7 Å². The van der Waals surface area contributed by atoms with Crippen molar-refractivity contribution in [3.8, 4) is 11.1 Å². The van der Waals surface area contributed by atoms with Crippen LogP contribution >= 0.6 is 0 Å². The van der Waals surface area contributed by atoms with Crippen molar-refractivity contribution in [2.45, 2.75) is 12.8 Å². The van der Waals surface area contributed by atoms with Gasteiger partial charge in [-0.15, -0.1) is 0 Å². The third kappa shape index (κ3) is 2.21. The summed E-state index contributed by atoms with van der Waals surface area (Å²) in [5.74, 6) is -2.87. The zero-order valence-corrected chi connectivity index (χ0v) is 8.69. The van der Waals surface area contributed by atoms with Gasteiger partial charge in [0.05, 0.1) is 0 Å². The van der Waals surface area contributed by atoms with Gasteiger partial charge in [0.2, 0.25) is 0 Å². The van der Waals surface area contributed by atoms with Gasteiger partial charge in [-0.2, -0.15) is 0 Å². The van der Waals surface area contributed by atoms with Crippen LogP contribution in [0.2, 0.25) is 0 Å². The van der Waals surface area contributed by atoms with Crippen LogP contribution in [0.3, 0.4) is 0 Å². The normalized spacial score (nSPS) is 11.4. The number of rotatable bonds is 2. The van der Waals surface area contributed by atoms with Crippen LogP contribution in [0.4, 0.5) is 8.78 Å². The molecule has 2 heterocycles. The summed E-state index contributed by atoms with van der Waals surface area (Å²) in [4.78, 5) is 7.76. The molecule has 0 atom stereocenters. The van der Waals surface area contributed by atoms with E-state index in [9.17, 15) is 8.78 Å². The standard InChI is InChI=1S/C12H10F2N2/c1-12(13,14)11-5-10(7-16-8-11)9-3-2-4-15-6-9/h2-8H,1H3. The summed E-state index contributed by atoms with van der Waals surface area (Å²) < 4.78 is 26.2. The molecule has 0 radical (unpaired) electrons. The molecule has 0 spiro atoms. The van der Waals surface area contributed by atoms with Crippen molar-refractivity contribution in [1.82, 2.24) is 9.97 Å². The maximum atomic E-state index is 13.1. The second-order valence-corrected chi connectivity index (χ2v) is 3.59. The summed E-state index contributed by atoms with van der Waals surface area (Å²) in [6.07, 6.45) is 5.98. The van der Waals surface area contributed by atoms with Crippen LogP contribution in [0, 0.1) is 0 Å². The molecule has 0 aliphatic carbocycles. The number of hydrogen-bond acceptors (Lipinski definition) is 2. The highest BCUT2D eigenvalue weighted by atomic mass is 19.3. The smallest absolute Gasteiger partial charge is 0.264 e. The number of hydrogen-bond donors (Lipinski definition) is 0. The molecule has 0 amide bonds. The van der Waals surface area contributed by atoms with Gasteiger partial charge >= 0.3 is 0 Å². The van der Waals surface area contributed by atoms with Crippen molar-refractivity contribution in [2.24, 2.45) is 0 Å². The van der Waals surface area contributed by atoms with Gasteiger partial charge in [-0.1, -0.05) is 6.07 Å². The lowest BCUT2D eigenvalue weighted by atomic mass is 10.1. The monoisotopic (exact) mass is 220 g/mol. The Morgan fingerprint density at radius 2 is 1.81 bits per heavy atom. The minimum absolute atomic E-state index is 0.0890. The molecule has 0 bridgehead atoms. The lowest BCUT2D eigenvalue weighted by Crippen LogP contribution is -2.07. The lowest BCUT2D eigenvalue weighted by Gasteiger charge is -2.11. The molecule has 82 valence electrons. The fraction of sp³-hybridized carbons (Fsp3) is 0.167. The molecule has 0 saturated carbocycles. The molecule has 4 heteroatoms. The average molecular weight is 220 g/mol. The number of nitrogens with zero attached hydrogens (tertiary/aromatic N) is 2. The van der Waals surface area contributed by atoms with E-state index < -0.39 is 5.92 Å². The molecular formula is C12H10F2N2. The van der Waals surface area contributed by atoms with Crippen LogP contribution in [0.15, 0.2) is 43.0 Å². The van der Waals surface area contributed by atoms with Crippen LogP contribution in [-0.2, 0) is 5.92 Å². The molecule has 0 unspecified atom stereocenters. The van der Waals surface area contributed by atoms with Crippen LogP contribution in [0.1, 0.15) is 12.5 Å². The van der Waals surface area contributed by atoms with E-state index in [4.69, 9.17) is 0 Å². The average Bonchev–Trinajstić information content (AvgIpc) is 2.29. The first kappa shape index (κ1) is 10.7. The molecule has 2 aromatic rings. The Kier molecular flexibility index (Phi) is 2.64. The van der Waals surface area contributed by atoms with Gasteiger partial charge in [-0.05, 0) is 12.1 Å². The largest absolute Gasteiger partial charge is 0.272 e. The third-order valence-corrected chi connectivity index (χ3v) is 2.24. The van der Waals surface area contributed by atoms with E-state index in [-0.39, 0.29) is 5.56 Å². The fourth-order valence-electron chi connectivity index (χ4n) is 1.37. The van der Waals surface area contributed by atoms with Gasteiger partial charge < -0.3 is 0 Å². The topological polar surface area (TPSA) is 25.8 Å². The summed E-state index contributed by atoms with van der Waals surface area (Å²) >= 11 is 0. The highest BCUT2D eigenvalue weighted by Gasteiger charge is 2.24. The van der Waals surface area contributed by atoms with Gasteiger partial charge in [0, 0.05) is 48.4 Å². The van der Waals surface area contributed by atoms with Gasteiger partial charge in [-0.3, -0.25) is 9.97 Å². The molecule has 0 aromatic carbocycles. The summed E-state index contributed by atoms with van der Waals surface area (Å²) in [7, 11) is 0. The van der Waals surface area contributed by atoms with Crippen molar-refractivity contribution in [1.29, 1.82) is 0 Å². The Bertz CT molecular complexity index is 478. The van der Waals surface area contributed by atoms with Crippen LogP contribution < -0.4 is 0 Å². The Balaban J connectivity index is 2.45. The predicted molar refractivity (Wildman–Crippen MR) is 57.0 cm³/mol. The molecule has 0 N–H and O–H groups in total. The molecule has 0 saturated heterocycles. The first-order valence-electron chi connectivity index (χ1n) is 4.81. The first-order chi connectivity index (χ1) is 7.57. The Hall–Kier alpha value is -1.84. The quantitative estimate of drug-likeness (QED) is 0.776. The Morgan fingerprint density at radius 3 is 2.44 bits per heavy atom. The van der Waals surface area contributed by atoms with Gasteiger partial charge in [0.15, 0.2) is 0 Å². The summed E-state index contributed by atoms with van der Waals surface area (Å²) in [6.45, 7) is 0.858. The Labute approximate surface area is 92.0 Å². The molecule has 2 nitrogen and oxygen atoms in total. The van der Waals surface area contributed by atoms with Crippen molar-refractivity contribution in [3.63, 3.8) is 0 Å². The number of alkyl halides is 2. The van der Waals surface area contributed by atoms with E-state index in [0.29, 0.717) is 5.56 Å². The molecule has 2 rings (SSSR count). The van der Waals surface area contributed by atoms with Gasteiger partial charge in [-0.25, -0.2) is 8.78 Å². The predicted octanol–water partition coefficient (Wildman–Crippen LogP) is 3.26. The molecule has 16 heavy (non-hydrogen) atoms. The zero-order chi connectivity index (χ0) is 11.6. The van der Waals surface area contributed by atoms with Crippen molar-refractivity contribution >= 4 is 0 Å².